The fraction of sp³-hybridized carbons (Fsp3) is 0.632. The number of methoxy groups -OCH3 is 1. The van der Waals surface area contributed by atoms with Gasteiger partial charge in [-0.1, -0.05) is 30.3 Å². The molecule has 24 heavy (non-hydrogen) atoms. The Labute approximate surface area is 145 Å². The molecule has 1 fully saturated rings. The molecule has 0 aromatic heterocycles. The summed E-state index contributed by atoms with van der Waals surface area (Å²) in [5.74, 6) is 0.548. The number of carbonyl (C=O) groups is 1. The maximum Gasteiger partial charge on any atom is 0.317 e. The van der Waals surface area contributed by atoms with E-state index >= 15 is 0 Å². The maximum atomic E-state index is 12.5. The molecule has 0 spiro atoms. The van der Waals surface area contributed by atoms with Crippen molar-refractivity contribution in [2.45, 2.75) is 38.2 Å². The number of urea groups is 1. The third kappa shape index (κ3) is 5.80. The number of aliphatic hydroxyl groups is 1. The molecule has 1 saturated heterocycles. The SMILES string of the molecule is COCC1CCCN(C(=O)NCC(CC(C)O)c2ccccc2)C1. The molecule has 0 radical (unpaired) electrons. The Bertz CT molecular complexity index is 491. The summed E-state index contributed by atoms with van der Waals surface area (Å²) in [6.45, 7) is 4.60. The molecule has 2 N–H and O–H groups in total. The molecule has 5 nitrogen and oxygen atoms in total. The van der Waals surface area contributed by atoms with Gasteiger partial charge in [-0.05, 0) is 31.7 Å². The lowest BCUT2D eigenvalue weighted by Gasteiger charge is -2.33. The van der Waals surface area contributed by atoms with Crippen molar-refractivity contribution >= 4 is 6.03 Å². The molecule has 0 saturated carbocycles. The van der Waals surface area contributed by atoms with Gasteiger partial charge in [0.2, 0.25) is 0 Å². The zero-order chi connectivity index (χ0) is 17.4. The molecule has 0 bridgehead atoms. The van der Waals surface area contributed by atoms with Gasteiger partial charge in [0.05, 0.1) is 12.7 Å². The van der Waals surface area contributed by atoms with Gasteiger partial charge in [0.25, 0.3) is 0 Å². The van der Waals surface area contributed by atoms with Crippen LogP contribution in [0.4, 0.5) is 4.79 Å². The molecule has 1 heterocycles. The molecule has 1 aromatic carbocycles. The summed E-state index contributed by atoms with van der Waals surface area (Å²) >= 11 is 0. The first kappa shape index (κ1) is 18.7. The van der Waals surface area contributed by atoms with E-state index in [1.165, 1.54) is 0 Å². The van der Waals surface area contributed by atoms with Gasteiger partial charge in [0, 0.05) is 38.6 Å². The first-order chi connectivity index (χ1) is 11.6. The minimum atomic E-state index is -0.395. The average molecular weight is 334 g/mol. The Morgan fingerprint density at radius 2 is 2.17 bits per heavy atom. The Kier molecular flexibility index (Phi) is 7.53. The highest BCUT2D eigenvalue weighted by Crippen LogP contribution is 2.21. The second-order valence-electron chi connectivity index (χ2n) is 6.79. The van der Waals surface area contributed by atoms with E-state index in [0.29, 0.717) is 25.5 Å². The second-order valence-corrected chi connectivity index (χ2v) is 6.79. The molecule has 0 aliphatic carbocycles. The average Bonchev–Trinajstić information content (AvgIpc) is 2.59. The molecule has 2 rings (SSSR count). The number of hydrogen-bond acceptors (Lipinski definition) is 3. The van der Waals surface area contributed by atoms with Crippen LogP contribution in [-0.4, -0.2) is 55.5 Å². The molecule has 3 atom stereocenters. The zero-order valence-corrected chi connectivity index (χ0v) is 14.8. The summed E-state index contributed by atoms with van der Waals surface area (Å²) in [7, 11) is 1.71. The van der Waals surface area contributed by atoms with E-state index in [0.717, 1.165) is 31.5 Å². The van der Waals surface area contributed by atoms with Crippen LogP contribution in [0.15, 0.2) is 30.3 Å². The predicted molar refractivity (Wildman–Crippen MR) is 95.1 cm³/mol. The monoisotopic (exact) mass is 334 g/mol. The first-order valence-corrected chi connectivity index (χ1v) is 8.85. The number of piperidine rings is 1. The Morgan fingerprint density at radius 1 is 1.42 bits per heavy atom. The van der Waals surface area contributed by atoms with E-state index in [4.69, 9.17) is 4.74 Å². The van der Waals surface area contributed by atoms with Crippen LogP contribution in [0.3, 0.4) is 0 Å². The lowest BCUT2D eigenvalue weighted by molar-refractivity contribution is 0.100. The van der Waals surface area contributed by atoms with Gasteiger partial charge >= 0.3 is 6.03 Å². The van der Waals surface area contributed by atoms with E-state index in [1.54, 1.807) is 14.0 Å². The molecule has 1 aromatic rings. The van der Waals surface area contributed by atoms with Crippen LogP contribution in [0.5, 0.6) is 0 Å². The van der Waals surface area contributed by atoms with Crippen LogP contribution in [0.25, 0.3) is 0 Å². The minimum absolute atomic E-state index is 0.0117. The van der Waals surface area contributed by atoms with Gasteiger partial charge in [-0.15, -0.1) is 0 Å². The highest BCUT2D eigenvalue weighted by atomic mass is 16.5. The summed E-state index contributed by atoms with van der Waals surface area (Å²) in [6, 6.07) is 10.1. The third-order valence-corrected chi connectivity index (χ3v) is 4.60. The number of ether oxygens (including phenoxy) is 1. The van der Waals surface area contributed by atoms with Crippen molar-refractivity contribution in [2.75, 3.05) is 33.4 Å². The standard InChI is InChI=1S/C19H30N2O3/c1-15(22)11-18(17-8-4-3-5-9-17)12-20-19(23)21-10-6-7-16(13-21)14-24-2/h3-5,8-9,15-16,18,22H,6-7,10-14H2,1-2H3,(H,20,23). The lowest BCUT2D eigenvalue weighted by atomic mass is 9.93. The first-order valence-electron chi connectivity index (χ1n) is 8.85. The molecule has 3 unspecified atom stereocenters. The number of likely N-dealkylation sites (tertiary alicyclic amines) is 1. The highest BCUT2D eigenvalue weighted by molar-refractivity contribution is 5.74. The van der Waals surface area contributed by atoms with E-state index in [9.17, 15) is 9.90 Å². The summed E-state index contributed by atoms with van der Waals surface area (Å²) in [5, 5.41) is 12.8. The van der Waals surface area contributed by atoms with Crippen LogP contribution in [-0.2, 0) is 4.74 Å². The van der Waals surface area contributed by atoms with Crippen molar-refractivity contribution in [3.8, 4) is 0 Å². The van der Waals surface area contributed by atoms with Crippen LogP contribution in [0.2, 0.25) is 0 Å². The van der Waals surface area contributed by atoms with Gasteiger partial charge in [0.15, 0.2) is 0 Å². The number of nitrogens with one attached hydrogen (secondary N) is 1. The van der Waals surface area contributed by atoms with E-state index < -0.39 is 6.10 Å². The molecular formula is C19H30N2O3. The second kappa shape index (κ2) is 9.64. The Balaban J connectivity index is 1.89. The van der Waals surface area contributed by atoms with Crippen LogP contribution < -0.4 is 5.32 Å². The number of rotatable bonds is 7. The zero-order valence-electron chi connectivity index (χ0n) is 14.8. The number of hydrogen-bond donors (Lipinski definition) is 2. The number of amides is 2. The predicted octanol–water partition coefficient (Wildman–Crippen LogP) is 2.61. The summed E-state index contributed by atoms with van der Waals surface area (Å²) in [5.41, 5.74) is 1.15. The van der Waals surface area contributed by atoms with Crippen molar-refractivity contribution in [2.24, 2.45) is 5.92 Å². The van der Waals surface area contributed by atoms with Crippen molar-refractivity contribution in [3.05, 3.63) is 35.9 Å². The summed E-state index contributed by atoms with van der Waals surface area (Å²) < 4.78 is 5.22. The van der Waals surface area contributed by atoms with Gasteiger partial charge in [-0.2, -0.15) is 0 Å². The smallest absolute Gasteiger partial charge is 0.317 e. The van der Waals surface area contributed by atoms with Crippen molar-refractivity contribution in [3.63, 3.8) is 0 Å². The molecule has 1 aliphatic rings. The van der Waals surface area contributed by atoms with E-state index in [-0.39, 0.29) is 11.9 Å². The fourth-order valence-electron chi connectivity index (χ4n) is 3.42. The third-order valence-electron chi connectivity index (χ3n) is 4.60. The quantitative estimate of drug-likeness (QED) is 0.806. The Hall–Kier alpha value is -1.59. The Morgan fingerprint density at radius 3 is 2.83 bits per heavy atom. The molecular weight excluding hydrogens is 304 g/mol. The van der Waals surface area contributed by atoms with E-state index in [1.807, 2.05) is 23.1 Å². The largest absolute Gasteiger partial charge is 0.393 e. The van der Waals surface area contributed by atoms with Crippen molar-refractivity contribution in [1.29, 1.82) is 0 Å². The summed E-state index contributed by atoms with van der Waals surface area (Å²) in [6.07, 6.45) is 2.38. The number of nitrogens with zero attached hydrogens (tertiary/aromatic N) is 1. The van der Waals surface area contributed by atoms with Crippen molar-refractivity contribution in [1.82, 2.24) is 10.2 Å². The number of carbonyl (C=O) groups excluding carboxylic acids is 1. The molecule has 2 amide bonds. The number of benzene rings is 1. The normalized spacial score (nSPS) is 20.5. The van der Waals surface area contributed by atoms with Crippen LogP contribution >= 0.6 is 0 Å². The minimum Gasteiger partial charge on any atom is -0.393 e. The fourth-order valence-corrected chi connectivity index (χ4v) is 3.42. The summed E-state index contributed by atoms with van der Waals surface area (Å²) in [4.78, 5) is 14.4. The van der Waals surface area contributed by atoms with E-state index in [2.05, 4.69) is 17.4 Å². The highest BCUT2D eigenvalue weighted by Gasteiger charge is 2.24. The van der Waals surface area contributed by atoms with Gasteiger partial charge < -0.3 is 20.1 Å². The molecule has 1 aliphatic heterocycles. The van der Waals surface area contributed by atoms with Gasteiger partial charge in [-0.3, -0.25) is 0 Å². The van der Waals surface area contributed by atoms with Crippen molar-refractivity contribution < 1.29 is 14.6 Å². The topological polar surface area (TPSA) is 61.8 Å². The van der Waals surface area contributed by atoms with Gasteiger partial charge in [0.1, 0.15) is 0 Å². The van der Waals surface area contributed by atoms with Crippen LogP contribution in [0, 0.1) is 5.92 Å². The lowest BCUT2D eigenvalue weighted by Crippen LogP contribution is -2.47. The van der Waals surface area contributed by atoms with Crippen LogP contribution in [0.1, 0.15) is 37.7 Å². The molecule has 134 valence electrons. The maximum absolute atomic E-state index is 12.5. The van der Waals surface area contributed by atoms with Gasteiger partial charge in [-0.25, -0.2) is 4.79 Å². The molecule has 5 heteroatoms. The number of aliphatic hydroxyl groups excluding tert-OH is 1.